The Hall–Kier alpha value is -2.18. The molecule has 0 aliphatic carbocycles. The largest absolute Gasteiger partial charge is 0.481 e. The van der Waals surface area contributed by atoms with E-state index in [1.54, 1.807) is 19.2 Å². The number of nitrogens with zero attached hydrogens (tertiary/aromatic N) is 2. The lowest BCUT2D eigenvalue weighted by Crippen LogP contribution is -2.39. The Morgan fingerprint density at radius 1 is 1.44 bits per heavy atom. The predicted octanol–water partition coefficient (Wildman–Crippen LogP) is 0.387. The van der Waals surface area contributed by atoms with Crippen LogP contribution in [-0.2, 0) is 11.3 Å². The maximum atomic E-state index is 11.4. The van der Waals surface area contributed by atoms with Crippen LogP contribution in [0.4, 0.5) is 4.79 Å². The van der Waals surface area contributed by atoms with Crippen LogP contribution in [0.25, 0.3) is 0 Å². The summed E-state index contributed by atoms with van der Waals surface area (Å²) in [5.74, 6) is -1.47. The minimum absolute atomic E-state index is 0.113. The SMILES string of the molecule is CCC(CNC(=O)NCc1ccncn1)C(=O)O. The highest BCUT2D eigenvalue weighted by molar-refractivity contribution is 5.75. The van der Waals surface area contributed by atoms with Crippen LogP contribution in [-0.4, -0.2) is 33.6 Å². The third kappa shape index (κ3) is 4.77. The smallest absolute Gasteiger partial charge is 0.315 e. The monoisotopic (exact) mass is 252 g/mol. The minimum atomic E-state index is -0.909. The summed E-state index contributed by atoms with van der Waals surface area (Å²) in [5, 5.41) is 13.9. The molecule has 7 nitrogen and oxygen atoms in total. The third-order valence-corrected chi connectivity index (χ3v) is 2.42. The molecule has 18 heavy (non-hydrogen) atoms. The van der Waals surface area contributed by atoms with E-state index in [0.717, 1.165) is 0 Å². The van der Waals surface area contributed by atoms with Gasteiger partial charge in [0, 0.05) is 12.7 Å². The van der Waals surface area contributed by atoms with E-state index in [1.807, 2.05) is 0 Å². The lowest BCUT2D eigenvalue weighted by atomic mass is 10.1. The summed E-state index contributed by atoms with van der Waals surface area (Å²) < 4.78 is 0. The molecular weight excluding hydrogens is 236 g/mol. The first kappa shape index (κ1) is 13.9. The summed E-state index contributed by atoms with van der Waals surface area (Å²) in [6, 6.07) is 1.28. The molecule has 0 saturated carbocycles. The van der Waals surface area contributed by atoms with Crippen molar-refractivity contribution in [3.63, 3.8) is 0 Å². The number of nitrogens with one attached hydrogen (secondary N) is 2. The number of hydrogen-bond acceptors (Lipinski definition) is 4. The summed E-state index contributed by atoms with van der Waals surface area (Å²) in [6.45, 7) is 2.15. The van der Waals surface area contributed by atoms with Crippen LogP contribution in [0, 0.1) is 5.92 Å². The summed E-state index contributed by atoms with van der Waals surface area (Å²) >= 11 is 0. The molecular formula is C11H16N4O3. The molecule has 1 aromatic rings. The van der Waals surface area contributed by atoms with E-state index in [4.69, 9.17) is 5.11 Å². The number of rotatable bonds is 6. The topological polar surface area (TPSA) is 104 Å². The summed E-state index contributed by atoms with van der Waals surface area (Å²) in [4.78, 5) is 29.8. The predicted molar refractivity (Wildman–Crippen MR) is 63.7 cm³/mol. The van der Waals surface area contributed by atoms with Crippen molar-refractivity contribution in [3.8, 4) is 0 Å². The van der Waals surface area contributed by atoms with Crippen molar-refractivity contribution in [1.29, 1.82) is 0 Å². The van der Waals surface area contributed by atoms with Crippen LogP contribution in [0.15, 0.2) is 18.6 Å². The molecule has 1 atom stereocenters. The maximum Gasteiger partial charge on any atom is 0.315 e. The first-order chi connectivity index (χ1) is 8.63. The molecule has 0 aromatic carbocycles. The Labute approximate surface area is 105 Å². The van der Waals surface area contributed by atoms with Crippen LogP contribution in [0.1, 0.15) is 19.0 Å². The standard InChI is InChI=1S/C11H16N4O3/c1-2-8(10(16)17)5-13-11(18)14-6-9-3-4-12-7-15-9/h3-4,7-8H,2,5-6H2,1H3,(H,16,17)(H2,13,14,18). The number of carbonyl (C=O) groups is 2. The quantitative estimate of drug-likeness (QED) is 0.679. The van der Waals surface area contributed by atoms with Gasteiger partial charge in [0.15, 0.2) is 0 Å². The zero-order valence-electron chi connectivity index (χ0n) is 10.1. The molecule has 0 spiro atoms. The number of aromatic nitrogens is 2. The van der Waals surface area contributed by atoms with E-state index < -0.39 is 17.9 Å². The van der Waals surface area contributed by atoms with Crippen molar-refractivity contribution in [2.75, 3.05) is 6.54 Å². The average Bonchev–Trinajstić information content (AvgIpc) is 2.38. The third-order valence-electron chi connectivity index (χ3n) is 2.42. The molecule has 0 radical (unpaired) electrons. The van der Waals surface area contributed by atoms with E-state index in [1.165, 1.54) is 6.33 Å². The second-order valence-electron chi connectivity index (χ2n) is 3.71. The van der Waals surface area contributed by atoms with Crippen LogP contribution < -0.4 is 10.6 Å². The highest BCUT2D eigenvalue weighted by Gasteiger charge is 2.15. The summed E-state index contributed by atoms with van der Waals surface area (Å²) in [5.41, 5.74) is 0.686. The van der Waals surface area contributed by atoms with Gasteiger partial charge in [0.05, 0.1) is 18.2 Å². The zero-order valence-corrected chi connectivity index (χ0v) is 10.1. The van der Waals surface area contributed by atoms with Crippen LogP contribution >= 0.6 is 0 Å². The summed E-state index contributed by atoms with van der Waals surface area (Å²) in [6.07, 6.45) is 3.45. The molecule has 0 bridgehead atoms. The van der Waals surface area contributed by atoms with Crippen LogP contribution in [0.2, 0.25) is 0 Å². The first-order valence-electron chi connectivity index (χ1n) is 5.63. The van der Waals surface area contributed by atoms with Gasteiger partial charge in [-0.2, -0.15) is 0 Å². The van der Waals surface area contributed by atoms with E-state index in [9.17, 15) is 9.59 Å². The molecule has 1 aromatic heterocycles. The van der Waals surface area contributed by atoms with Crippen molar-refractivity contribution >= 4 is 12.0 Å². The van der Waals surface area contributed by atoms with Gasteiger partial charge in [0.1, 0.15) is 6.33 Å². The maximum absolute atomic E-state index is 11.4. The van der Waals surface area contributed by atoms with Gasteiger partial charge in [-0.25, -0.2) is 14.8 Å². The van der Waals surface area contributed by atoms with E-state index in [0.29, 0.717) is 12.1 Å². The molecule has 2 amide bonds. The molecule has 7 heteroatoms. The molecule has 1 rings (SSSR count). The van der Waals surface area contributed by atoms with E-state index in [-0.39, 0.29) is 13.1 Å². The summed E-state index contributed by atoms with van der Waals surface area (Å²) in [7, 11) is 0. The Morgan fingerprint density at radius 3 is 2.78 bits per heavy atom. The molecule has 1 unspecified atom stereocenters. The van der Waals surface area contributed by atoms with Gasteiger partial charge in [0.25, 0.3) is 0 Å². The van der Waals surface area contributed by atoms with Gasteiger partial charge in [-0.3, -0.25) is 4.79 Å². The zero-order chi connectivity index (χ0) is 13.4. The molecule has 98 valence electrons. The van der Waals surface area contributed by atoms with E-state index in [2.05, 4.69) is 20.6 Å². The van der Waals surface area contributed by atoms with Crippen LogP contribution in [0.5, 0.6) is 0 Å². The van der Waals surface area contributed by atoms with Gasteiger partial charge >= 0.3 is 12.0 Å². The van der Waals surface area contributed by atoms with Gasteiger partial charge < -0.3 is 15.7 Å². The molecule has 0 aliphatic rings. The van der Waals surface area contributed by atoms with Crippen LogP contribution in [0.3, 0.4) is 0 Å². The number of carboxylic acids is 1. The molecule has 0 saturated heterocycles. The lowest BCUT2D eigenvalue weighted by Gasteiger charge is -2.11. The van der Waals surface area contributed by atoms with Gasteiger partial charge in [-0.05, 0) is 12.5 Å². The van der Waals surface area contributed by atoms with Gasteiger partial charge in [-0.1, -0.05) is 6.92 Å². The highest BCUT2D eigenvalue weighted by Crippen LogP contribution is 2.00. The molecule has 3 N–H and O–H groups in total. The number of aliphatic carboxylic acids is 1. The van der Waals surface area contributed by atoms with Crippen molar-refractivity contribution < 1.29 is 14.7 Å². The van der Waals surface area contributed by atoms with Crippen molar-refractivity contribution in [3.05, 3.63) is 24.3 Å². The fourth-order valence-electron chi connectivity index (χ4n) is 1.28. The Morgan fingerprint density at radius 2 is 2.22 bits per heavy atom. The normalized spacial score (nSPS) is 11.6. The fourth-order valence-corrected chi connectivity index (χ4v) is 1.28. The Kier molecular flexibility index (Phi) is 5.56. The van der Waals surface area contributed by atoms with Crippen molar-refractivity contribution in [1.82, 2.24) is 20.6 Å². The average molecular weight is 252 g/mol. The second-order valence-corrected chi connectivity index (χ2v) is 3.71. The Bertz CT molecular complexity index is 397. The lowest BCUT2D eigenvalue weighted by molar-refractivity contribution is -0.141. The number of carbonyl (C=O) groups excluding carboxylic acids is 1. The highest BCUT2D eigenvalue weighted by atomic mass is 16.4. The minimum Gasteiger partial charge on any atom is -0.481 e. The van der Waals surface area contributed by atoms with Crippen molar-refractivity contribution in [2.24, 2.45) is 5.92 Å². The van der Waals surface area contributed by atoms with E-state index >= 15 is 0 Å². The number of amides is 2. The number of carboxylic acid groups (broad SMARTS) is 1. The Balaban J connectivity index is 2.28. The second kappa shape index (κ2) is 7.21. The van der Waals surface area contributed by atoms with Gasteiger partial charge in [-0.15, -0.1) is 0 Å². The number of hydrogen-bond donors (Lipinski definition) is 3. The van der Waals surface area contributed by atoms with Gasteiger partial charge in [0.2, 0.25) is 0 Å². The number of urea groups is 1. The molecule has 0 fully saturated rings. The fraction of sp³-hybridized carbons (Fsp3) is 0.455. The van der Waals surface area contributed by atoms with Crippen molar-refractivity contribution in [2.45, 2.75) is 19.9 Å². The molecule has 0 aliphatic heterocycles. The first-order valence-corrected chi connectivity index (χ1v) is 5.63. The molecule has 1 heterocycles.